The Morgan fingerprint density at radius 2 is 2.36 bits per heavy atom. The molecule has 1 heterocycles. The van der Waals surface area contributed by atoms with Crippen LogP contribution in [-0.2, 0) is 0 Å². The molecule has 0 saturated heterocycles. The second-order valence-electron chi connectivity index (χ2n) is 3.31. The van der Waals surface area contributed by atoms with E-state index in [2.05, 4.69) is 48.1 Å². The molecule has 0 bridgehead atoms. The predicted molar refractivity (Wildman–Crippen MR) is 63.2 cm³/mol. The fourth-order valence-corrected chi connectivity index (χ4v) is 1.54. The third-order valence-electron chi connectivity index (χ3n) is 2.16. The Labute approximate surface area is 93.5 Å². The molecule has 0 amide bonds. The van der Waals surface area contributed by atoms with Crippen molar-refractivity contribution in [3.8, 4) is 0 Å². The Kier molecular flexibility index (Phi) is 4.42. The second-order valence-corrected chi connectivity index (χ2v) is 4.09. The van der Waals surface area contributed by atoms with E-state index in [1.54, 1.807) is 0 Å². The topological polar surface area (TPSA) is 25.2 Å². The molecule has 0 spiro atoms. The largest absolute Gasteiger partial charge is 0.450 e. The van der Waals surface area contributed by atoms with Crippen molar-refractivity contribution < 1.29 is 4.42 Å². The van der Waals surface area contributed by atoms with Gasteiger partial charge in [-0.15, -0.1) is 0 Å². The van der Waals surface area contributed by atoms with Crippen LogP contribution < -0.4 is 5.32 Å². The summed E-state index contributed by atoms with van der Waals surface area (Å²) in [5.74, 6) is 0.888. The summed E-state index contributed by atoms with van der Waals surface area (Å²) in [7, 11) is 0. The van der Waals surface area contributed by atoms with E-state index in [9.17, 15) is 0 Å². The standard InChI is InChI=1S/C11H16BrNO/c1-4-13-9(3)8(2)7-10-5-6-11(12)14-10/h5-7,9,13H,4H2,1-3H3/b8-7+. The zero-order chi connectivity index (χ0) is 10.6. The lowest BCUT2D eigenvalue weighted by Gasteiger charge is -2.12. The van der Waals surface area contributed by atoms with Crippen LogP contribution >= 0.6 is 15.9 Å². The molecule has 0 saturated carbocycles. The molecule has 0 aliphatic carbocycles. The number of halogens is 1. The Hall–Kier alpha value is -0.540. The zero-order valence-corrected chi connectivity index (χ0v) is 10.4. The normalized spacial score (nSPS) is 14.4. The van der Waals surface area contributed by atoms with Crippen molar-refractivity contribution >= 4 is 22.0 Å². The van der Waals surface area contributed by atoms with Crippen LogP contribution in [0.3, 0.4) is 0 Å². The number of furan rings is 1. The van der Waals surface area contributed by atoms with Crippen LogP contribution in [0.15, 0.2) is 26.8 Å². The monoisotopic (exact) mass is 257 g/mol. The minimum Gasteiger partial charge on any atom is -0.450 e. The summed E-state index contributed by atoms with van der Waals surface area (Å²) in [6, 6.07) is 4.24. The van der Waals surface area contributed by atoms with Gasteiger partial charge in [0.15, 0.2) is 4.67 Å². The summed E-state index contributed by atoms with van der Waals surface area (Å²) in [6.07, 6.45) is 2.05. The van der Waals surface area contributed by atoms with E-state index < -0.39 is 0 Å². The summed E-state index contributed by atoms with van der Waals surface area (Å²) >= 11 is 3.28. The molecule has 0 aromatic carbocycles. The molecule has 1 atom stereocenters. The lowest BCUT2D eigenvalue weighted by molar-refractivity contribution is 0.530. The Bertz CT molecular complexity index is 317. The molecule has 0 aliphatic heterocycles. The fourth-order valence-electron chi connectivity index (χ4n) is 1.22. The average Bonchev–Trinajstić information content (AvgIpc) is 2.51. The first-order chi connectivity index (χ1) is 6.63. The first-order valence-corrected chi connectivity index (χ1v) is 5.59. The van der Waals surface area contributed by atoms with E-state index >= 15 is 0 Å². The van der Waals surface area contributed by atoms with Crippen LogP contribution in [0, 0.1) is 0 Å². The minimum atomic E-state index is 0.392. The van der Waals surface area contributed by atoms with Gasteiger partial charge in [0.05, 0.1) is 0 Å². The number of rotatable bonds is 4. The van der Waals surface area contributed by atoms with Crippen LogP contribution in [0.25, 0.3) is 6.08 Å². The highest BCUT2D eigenvalue weighted by Crippen LogP contribution is 2.17. The van der Waals surface area contributed by atoms with Gasteiger partial charge in [0.25, 0.3) is 0 Å². The number of hydrogen-bond donors (Lipinski definition) is 1. The van der Waals surface area contributed by atoms with Crippen molar-refractivity contribution in [1.29, 1.82) is 0 Å². The van der Waals surface area contributed by atoms with E-state index in [1.807, 2.05) is 12.1 Å². The van der Waals surface area contributed by atoms with Gasteiger partial charge in [-0.1, -0.05) is 12.5 Å². The smallest absolute Gasteiger partial charge is 0.169 e. The van der Waals surface area contributed by atoms with Gasteiger partial charge in [0, 0.05) is 6.04 Å². The van der Waals surface area contributed by atoms with Gasteiger partial charge in [-0.3, -0.25) is 0 Å². The molecule has 1 rings (SSSR count). The van der Waals surface area contributed by atoms with Crippen molar-refractivity contribution in [1.82, 2.24) is 5.32 Å². The van der Waals surface area contributed by atoms with Crippen LogP contribution in [0.5, 0.6) is 0 Å². The molecule has 1 aromatic rings. The van der Waals surface area contributed by atoms with E-state index in [1.165, 1.54) is 5.57 Å². The van der Waals surface area contributed by atoms with E-state index in [4.69, 9.17) is 4.42 Å². The van der Waals surface area contributed by atoms with Gasteiger partial charge >= 0.3 is 0 Å². The summed E-state index contributed by atoms with van der Waals surface area (Å²) in [4.78, 5) is 0. The van der Waals surface area contributed by atoms with Crippen LogP contribution in [0.2, 0.25) is 0 Å². The third-order valence-corrected chi connectivity index (χ3v) is 2.58. The SMILES string of the molecule is CCNC(C)/C(C)=C/c1ccc(Br)o1. The lowest BCUT2D eigenvalue weighted by atomic mass is 10.1. The Morgan fingerprint density at radius 1 is 1.64 bits per heavy atom. The van der Waals surface area contributed by atoms with Crippen LogP contribution in [0.1, 0.15) is 26.5 Å². The quantitative estimate of drug-likeness (QED) is 0.894. The lowest BCUT2D eigenvalue weighted by Crippen LogP contribution is -2.26. The van der Waals surface area contributed by atoms with Crippen molar-refractivity contribution in [3.05, 3.63) is 28.1 Å². The van der Waals surface area contributed by atoms with Gasteiger partial charge in [-0.25, -0.2) is 0 Å². The molecule has 1 N–H and O–H groups in total. The summed E-state index contributed by atoms with van der Waals surface area (Å²) in [6.45, 7) is 7.33. The van der Waals surface area contributed by atoms with Crippen LogP contribution in [0.4, 0.5) is 0 Å². The molecule has 0 fully saturated rings. The molecule has 0 aliphatic rings. The molecular formula is C11H16BrNO. The van der Waals surface area contributed by atoms with E-state index in [0.717, 1.165) is 17.0 Å². The second kappa shape index (κ2) is 5.37. The van der Waals surface area contributed by atoms with Crippen molar-refractivity contribution in [2.45, 2.75) is 26.8 Å². The highest BCUT2D eigenvalue weighted by molar-refractivity contribution is 9.10. The number of hydrogen-bond acceptors (Lipinski definition) is 2. The van der Waals surface area contributed by atoms with Gasteiger partial charge in [-0.05, 0) is 54.5 Å². The maximum absolute atomic E-state index is 5.39. The summed E-state index contributed by atoms with van der Waals surface area (Å²) < 4.78 is 6.17. The Morgan fingerprint density at radius 3 is 2.86 bits per heavy atom. The fraction of sp³-hybridized carbons (Fsp3) is 0.455. The molecule has 0 radical (unpaired) electrons. The molecule has 2 nitrogen and oxygen atoms in total. The number of nitrogens with one attached hydrogen (secondary N) is 1. The molecule has 14 heavy (non-hydrogen) atoms. The predicted octanol–water partition coefficient (Wildman–Crippen LogP) is 3.44. The van der Waals surface area contributed by atoms with Crippen LogP contribution in [-0.4, -0.2) is 12.6 Å². The first-order valence-electron chi connectivity index (χ1n) is 4.80. The third kappa shape index (κ3) is 3.31. The van der Waals surface area contributed by atoms with Crippen molar-refractivity contribution in [2.24, 2.45) is 0 Å². The maximum Gasteiger partial charge on any atom is 0.169 e. The first kappa shape index (κ1) is 11.5. The highest BCUT2D eigenvalue weighted by atomic mass is 79.9. The van der Waals surface area contributed by atoms with Crippen molar-refractivity contribution in [2.75, 3.05) is 6.54 Å². The minimum absolute atomic E-state index is 0.392. The van der Waals surface area contributed by atoms with E-state index in [0.29, 0.717) is 6.04 Å². The summed E-state index contributed by atoms with van der Waals surface area (Å²) in [5.41, 5.74) is 1.27. The molecular weight excluding hydrogens is 242 g/mol. The van der Waals surface area contributed by atoms with E-state index in [-0.39, 0.29) is 0 Å². The highest BCUT2D eigenvalue weighted by Gasteiger charge is 2.03. The number of likely N-dealkylation sites (N-methyl/N-ethyl adjacent to an activating group) is 1. The molecule has 1 aromatic heterocycles. The molecule has 3 heteroatoms. The van der Waals surface area contributed by atoms with Gasteiger partial charge < -0.3 is 9.73 Å². The molecule has 1 unspecified atom stereocenters. The average molecular weight is 258 g/mol. The molecule has 78 valence electrons. The Balaban J connectivity index is 2.67. The van der Waals surface area contributed by atoms with Gasteiger partial charge in [0.2, 0.25) is 0 Å². The van der Waals surface area contributed by atoms with Gasteiger partial charge in [-0.2, -0.15) is 0 Å². The van der Waals surface area contributed by atoms with Gasteiger partial charge in [0.1, 0.15) is 5.76 Å². The summed E-state index contributed by atoms with van der Waals surface area (Å²) in [5, 5.41) is 3.35. The maximum atomic E-state index is 5.39. The zero-order valence-electron chi connectivity index (χ0n) is 8.80. The van der Waals surface area contributed by atoms with Crippen molar-refractivity contribution in [3.63, 3.8) is 0 Å².